The molecule has 3 heterocycles. The Kier molecular flexibility index (Phi) is 3.81. The number of fused-ring (bicyclic) bond motifs is 1. The van der Waals surface area contributed by atoms with Gasteiger partial charge in [0.2, 0.25) is 0 Å². The zero-order valence-electron chi connectivity index (χ0n) is 13.4. The number of carbonyl (C=O) groups is 1. The van der Waals surface area contributed by atoms with Gasteiger partial charge >= 0.3 is 0 Å². The van der Waals surface area contributed by atoms with Crippen LogP contribution in [0.2, 0.25) is 0 Å². The van der Waals surface area contributed by atoms with Crippen LogP contribution in [0, 0.1) is 12.8 Å². The monoisotopic (exact) mass is 329 g/mol. The van der Waals surface area contributed by atoms with Crippen molar-refractivity contribution in [3.8, 4) is 17.2 Å². The molecule has 1 aromatic carbocycles. The molecule has 2 aromatic rings. The van der Waals surface area contributed by atoms with Crippen molar-refractivity contribution < 1.29 is 14.3 Å². The highest BCUT2D eigenvalue weighted by Gasteiger charge is 2.22. The van der Waals surface area contributed by atoms with Crippen molar-refractivity contribution in [1.29, 1.82) is 0 Å². The van der Waals surface area contributed by atoms with E-state index >= 15 is 0 Å². The molecule has 0 radical (unpaired) electrons. The van der Waals surface area contributed by atoms with Gasteiger partial charge in [0.05, 0.1) is 11.4 Å². The Morgan fingerprint density at radius 1 is 1.33 bits per heavy atom. The third kappa shape index (κ3) is 2.69. The first-order valence-electron chi connectivity index (χ1n) is 8.03. The number of benzene rings is 1. The fraction of sp³-hybridized carbons (Fsp3) is 0.438. The lowest BCUT2D eigenvalue weighted by Crippen LogP contribution is -2.48. The smallest absolute Gasteiger partial charge is 0.273 e. The standard InChI is InChI=1S/C16H19N5O3/c1-10-15(16(22)18-9-11-7-17-8-11)19-20-21(10)12-2-3-13-14(6-12)24-5-4-23-13/h2-3,6,11,17H,4-5,7-9H2,1H3,(H,18,22). The Morgan fingerprint density at radius 3 is 2.88 bits per heavy atom. The van der Waals surface area contributed by atoms with E-state index in [4.69, 9.17) is 9.47 Å². The molecule has 1 amide bonds. The van der Waals surface area contributed by atoms with E-state index in [9.17, 15) is 4.79 Å². The molecule has 8 nitrogen and oxygen atoms in total. The van der Waals surface area contributed by atoms with E-state index in [1.807, 2.05) is 25.1 Å². The molecule has 2 N–H and O–H groups in total. The van der Waals surface area contributed by atoms with Gasteiger partial charge in [-0.15, -0.1) is 5.10 Å². The second-order valence-electron chi connectivity index (χ2n) is 6.00. The molecule has 0 unspecified atom stereocenters. The molecule has 2 aliphatic heterocycles. The van der Waals surface area contributed by atoms with Crippen LogP contribution in [-0.2, 0) is 0 Å². The van der Waals surface area contributed by atoms with E-state index in [1.54, 1.807) is 4.68 Å². The normalized spacial score (nSPS) is 16.5. The summed E-state index contributed by atoms with van der Waals surface area (Å²) in [6.07, 6.45) is 0. The van der Waals surface area contributed by atoms with E-state index in [0.29, 0.717) is 42.8 Å². The third-order valence-electron chi connectivity index (χ3n) is 4.30. The van der Waals surface area contributed by atoms with Crippen molar-refractivity contribution in [2.45, 2.75) is 6.92 Å². The van der Waals surface area contributed by atoms with E-state index in [-0.39, 0.29) is 5.91 Å². The Balaban J connectivity index is 1.54. The number of nitrogens with zero attached hydrogens (tertiary/aromatic N) is 3. The fourth-order valence-corrected chi connectivity index (χ4v) is 2.76. The van der Waals surface area contributed by atoms with Crippen LogP contribution in [0.25, 0.3) is 5.69 Å². The second kappa shape index (κ2) is 6.12. The molecule has 0 aliphatic carbocycles. The number of rotatable bonds is 4. The summed E-state index contributed by atoms with van der Waals surface area (Å²) in [7, 11) is 0. The number of ether oxygens (including phenoxy) is 2. The maximum atomic E-state index is 12.3. The number of hydrogen-bond donors (Lipinski definition) is 2. The molecule has 1 aromatic heterocycles. The minimum atomic E-state index is -0.191. The molecule has 4 rings (SSSR count). The van der Waals surface area contributed by atoms with Gasteiger partial charge in [0.15, 0.2) is 17.2 Å². The molecule has 8 heteroatoms. The van der Waals surface area contributed by atoms with Crippen LogP contribution in [-0.4, -0.2) is 53.7 Å². The number of hydrogen-bond acceptors (Lipinski definition) is 6. The first kappa shape index (κ1) is 14.9. The Labute approximate surface area is 139 Å². The van der Waals surface area contributed by atoms with Crippen molar-refractivity contribution >= 4 is 5.91 Å². The summed E-state index contributed by atoms with van der Waals surface area (Å²) >= 11 is 0. The zero-order valence-corrected chi connectivity index (χ0v) is 13.4. The second-order valence-corrected chi connectivity index (χ2v) is 6.00. The summed E-state index contributed by atoms with van der Waals surface area (Å²) in [6.45, 7) is 5.46. The Hall–Kier alpha value is -2.61. The molecule has 126 valence electrons. The number of carbonyl (C=O) groups excluding carboxylic acids is 1. The van der Waals surface area contributed by atoms with Crippen LogP contribution in [0.5, 0.6) is 11.5 Å². The summed E-state index contributed by atoms with van der Waals surface area (Å²) < 4.78 is 12.7. The summed E-state index contributed by atoms with van der Waals surface area (Å²) in [5.74, 6) is 1.71. The van der Waals surface area contributed by atoms with Gasteiger partial charge in [0, 0.05) is 31.6 Å². The number of amides is 1. The zero-order chi connectivity index (χ0) is 16.5. The van der Waals surface area contributed by atoms with Gasteiger partial charge in [-0.2, -0.15) is 0 Å². The van der Waals surface area contributed by atoms with Crippen LogP contribution in [0.15, 0.2) is 18.2 Å². The van der Waals surface area contributed by atoms with Gasteiger partial charge in [-0.1, -0.05) is 5.21 Å². The summed E-state index contributed by atoms with van der Waals surface area (Å²) in [5, 5.41) is 14.3. The summed E-state index contributed by atoms with van der Waals surface area (Å²) in [4.78, 5) is 12.3. The van der Waals surface area contributed by atoms with Gasteiger partial charge in [-0.25, -0.2) is 4.68 Å². The first-order chi connectivity index (χ1) is 11.7. The SMILES string of the molecule is Cc1c(C(=O)NCC2CNC2)nnn1-c1ccc2c(c1)OCCO2. The van der Waals surface area contributed by atoms with Crippen molar-refractivity contribution in [3.63, 3.8) is 0 Å². The van der Waals surface area contributed by atoms with Crippen LogP contribution in [0.1, 0.15) is 16.2 Å². The van der Waals surface area contributed by atoms with Crippen LogP contribution in [0.3, 0.4) is 0 Å². The maximum absolute atomic E-state index is 12.3. The topological polar surface area (TPSA) is 90.3 Å². The van der Waals surface area contributed by atoms with Crippen molar-refractivity contribution in [2.75, 3.05) is 32.8 Å². The number of nitrogens with one attached hydrogen (secondary N) is 2. The average molecular weight is 329 g/mol. The molecule has 0 saturated carbocycles. The van der Waals surface area contributed by atoms with Crippen molar-refractivity contribution in [2.24, 2.45) is 5.92 Å². The molecular formula is C16H19N5O3. The van der Waals surface area contributed by atoms with E-state index in [2.05, 4.69) is 20.9 Å². The van der Waals surface area contributed by atoms with E-state index < -0.39 is 0 Å². The van der Waals surface area contributed by atoms with E-state index in [0.717, 1.165) is 24.5 Å². The maximum Gasteiger partial charge on any atom is 0.273 e. The molecule has 1 fully saturated rings. The predicted octanol–water partition coefficient (Wildman–Crippen LogP) is 0.296. The minimum Gasteiger partial charge on any atom is -0.486 e. The predicted molar refractivity (Wildman–Crippen MR) is 85.8 cm³/mol. The third-order valence-corrected chi connectivity index (χ3v) is 4.30. The Morgan fingerprint density at radius 2 is 2.12 bits per heavy atom. The highest BCUT2D eigenvalue weighted by molar-refractivity contribution is 5.93. The van der Waals surface area contributed by atoms with Gasteiger partial charge in [-0.05, 0) is 19.1 Å². The minimum absolute atomic E-state index is 0.191. The molecule has 0 atom stereocenters. The lowest BCUT2D eigenvalue weighted by atomic mass is 10.0. The average Bonchev–Trinajstić information content (AvgIpc) is 2.94. The highest BCUT2D eigenvalue weighted by atomic mass is 16.6. The van der Waals surface area contributed by atoms with Gasteiger partial charge in [0.25, 0.3) is 5.91 Å². The van der Waals surface area contributed by atoms with E-state index in [1.165, 1.54) is 0 Å². The van der Waals surface area contributed by atoms with Crippen molar-refractivity contribution in [1.82, 2.24) is 25.6 Å². The van der Waals surface area contributed by atoms with Gasteiger partial charge in [0.1, 0.15) is 13.2 Å². The molecule has 1 saturated heterocycles. The van der Waals surface area contributed by atoms with Crippen LogP contribution < -0.4 is 20.1 Å². The van der Waals surface area contributed by atoms with Crippen LogP contribution in [0.4, 0.5) is 0 Å². The molecule has 2 aliphatic rings. The molecule has 24 heavy (non-hydrogen) atoms. The van der Waals surface area contributed by atoms with Crippen LogP contribution >= 0.6 is 0 Å². The summed E-state index contributed by atoms with van der Waals surface area (Å²) in [5.41, 5.74) is 1.82. The van der Waals surface area contributed by atoms with Crippen molar-refractivity contribution in [3.05, 3.63) is 29.6 Å². The van der Waals surface area contributed by atoms with Gasteiger partial charge in [-0.3, -0.25) is 4.79 Å². The largest absolute Gasteiger partial charge is 0.486 e. The highest BCUT2D eigenvalue weighted by Crippen LogP contribution is 2.32. The lowest BCUT2D eigenvalue weighted by Gasteiger charge is -2.26. The molecule has 0 bridgehead atoms. The first-order valence-corrected chi connectivity index (χ1v) is 8.03. The lowest BCUT2D eigenvalue weighted by molar-refractivity contribution is 0.0936. The summed E-state index contributed by atoms with van der Waals surface area (Å²) in [6, 6.07) is 5.56. The fourth-order valence-electron chi connectivity index (χ4n) is 2.76. The number of aromatic nitrogens is 3. The Bertz CT molecular complexity index is 769. The molecular weight excluding hydrogens is 310 g/mol. The molecule has 0 spiro atoms. The van der Waals surface area contributed by atoms with Gasteiger partial charge < -0.3 is 20.1 Å². The quantitative estimate of drug-likeness (QED) is 0.838.